The number of hydrogen-bond acceptors (Lipinski definition) is 6. The summed E-state index contributed by atoms with van der Waals surface area (Å²) in [4.78, 5) is 15.2. The van der Waals surface area contributed by atoms with Crippen LogP contribution in [0.25, 0.3) is 98.5 Å². The van der Waals surface area contributed by atoms with Crippen molar-refractivity contribution in [3.8, 4) is 62.5 Å². The normalized spacial score (nSPS) is 11.4. The molecule has 0 aliphatic rings. The predicted molar refractivity (Wildman–Crippen MR) is 212 cm³/mol. The molecule has 0 saturated carbocycles. The highest BCUT2D eigenvalue weighted by atomic mass is 32.1. The summed E-state index contributed by atoms with van der Waals surface area (Å²) in [6, 6.07) is 55.8. The maximum absolute atomic E-state index is 9.41. The van der Waals surface area contributed by atoms with Gasteiger partial charge in [0, 0.05) is 47.6 Å². The molecule has 52 heavy (non-hydrogen) atoms. The number of nitrogens with zero attached hydrogens (tertiary/aromatic N) is 4. The molecule has 10 rings (SSSR count). The number of benzene rings is 7. The van der Waals surface area contributed by atoms with Gasteiger partial charge >= 0.3 is 0 Å². The molecule has 0 fully saturated rings. The van der Waals surface area contributed by atoms with Crippen molar-refractivity contribution < 1.29 is 4.42 Å². The second-order valence-corrected chi connectivity index (χ2v) is 13.8. The minimum atomic E-state index is 0.563. The summed E-state index contributed by atoms with van der Waals surface area (Å²) in [5.41, 5.74) is 9.13. The summed E-state index contributed by atoms with van der Waals surface area (Å²) in [6.45, 7) is 0. The third-order valence-electron chi connectivity index (χ3n) is 9.58. The molecule has 3 aromatic heterocycles. The van der Waals surface area contributed by atoms with Crippen molar-refractivity contribution in [3.63, 3.8) is 0 Å². The van der Waals surface area contributed by atoms with Gasteiger partial charge in [0.15, 0.2) is 17.5 Å². The number of thiophene rings is 1. The second-order valence-electron chi connectivity index (χ2n) is 12.7. The molecule has 5 nitrogen and oxygen atoms in total. The minimum Gasteiger partial charge on any atom is -0.456 e. The van der Waals surface area contributed by atoms with Gasteiger partial charge < -0.3 is 4.42 Å². The Morgan fingerprint density at radius 3 is 1.88 bits per heavy atom. The van der Waals surface area contributed by atoms with Crippen LogP contribution < -0.4 is 0 Å². The third-order valence-corrected chi connectivity index (χ3v) is 10.7. The molecular weight excluding hydrogens is 657 g/mol. The Labute approximate surface area is 302 Å². The SMILES string of the molecule is N#Cc1cccc(-c2ccc(-c3nc(-c4ccc5c(c4)oc4cccc(-c6ccccc6)c45)nc(-c4ccc5c(c4)sc4ccccc45)n3)cc2)c1. The van der Waals surface area contributed by atoms with E-state index >= 15 is 0 Å². The molecule has 0 bridgehead atoms. The molecule has 10 aromatic rings. The van der Waals surface area contributed by atoms with Gasteiger partial charge in [-0.2, -0.15) is 5.26 Å². The number of nitriles is 1. The third kappa shape index (κ3) is 5.11. The van der Waals surface area contributed by atoms with Crippen molar-refractivity contribution in [2.24, 2.45) is 0 Å². The van der Waals surface area contributed by atoms with Crippen LogP contribution in [0.15, 0.2) is 162 Å². The summed E-state index contributed by atoms with van der Waals surface area (Å²) in [7, 11) is 0. The van der Waals surface area contributed by atoms with Gasteiger partial charge in [0.2, 0.25) is 0 Å². The van der Waals surface area contributed by atoms with Crippen LogP contribution in [-0.2, 0) is 0 Å². The zero-order valence-corrected chi connectivity index (χ0v) is 28.4. The Morgan fingerprint density at radius 1 is 0.442 bits per heavy atom. The zero-order chi connectivity index (χ0) is 34.6. The molecule has 0 unspecified atom stereocenters. The molecule has 3 heterocycles. The highest BCUT2D eigenvalue weighted by Gasteiger charge is 2.17. The van der Waals surface area contributed by atoms with Crippen LogP contribution in [0.3, 0.4) is 0 Å². The van der Waals surface area contributed by atoms with Crippen LogP contribution in [-0.4, -0.2) is 15.0 Å². The van der Waals surface area contributed by atoms with Crippen molar-refractivity contribution in [2.75, 3.05) is 0 Å². The maximum atomic E-state index is 9.41. The van der Waals surface area contributed by atoms with Crippen molar-refractivity contribution in [1.29, 1.82) is 5.26 Å². The summed E-state index contributed by atoms with van der Waals surface area (Å²) in [5, 5.41) is 14.0. The van der Waals surface area contributed by atoms with Crippen LogP contribution >= 0.6 is 11.3 Å². The summed E-state index contributed by atoms with van der Waals surface area (Å²) >= 11 is 1.77. The van der Waals surface area contributed by atoms with Crippen molar-refractivity contribution in [3.05, 3.63) is 163 Å². The molecule has 0 atom stereocenters. The first-order chi connectivity index (χ1) is 25.7. The van der Waals surface area contributed by atoms with Gasteiger partial charge in [0.1, 0.15) is 11.2 Å². The Morgan fingerprint density at radius 2 is 1.08 bits per heavy atom. The van der Waals surface area contributed by atoms with Gasteiger partial charge in [0.25, 0.3) is 0 Å². The number of rotatable bonds is 5. The van der Waals surface area contributed by atoms with Gasteiger partial charge in [-0.3, -0.25) is 0 Å². The molecule has 6 heteroatoms. The quantitative estimate of drug-likeness (QED) is 0.181. The highest BCUT2D eigenvalue weighted by Crippen LogP contribution is 2.39. The van der Waals surface area contributed by atoms with Gasteiger partial charge in [-0.15, -0.1) is 11.3 Å². The van der Waals surface area contributed by atoms with Crippen LogP contribution in [0, 0.1) is 11.3 Å². The monoisotopic (exact) mass is 682 g/mol. The predicted octanol–water partition coefficient (Wildman–Crippen LogP) is 12.3. The van der Waals surface area contributed by atoms with E-state index in [9.17, 15) is 5.26 Å². The minimum absolute atomic E-state index is 0.563. The van der Waals surface area contributed by atoms with Gasteiger partial charge in [-0.25, -0.2) is 15.0 Å². The summed E-state index contributed by atoms with van der Waals surface area (Å²) < 4.78 is 8.90. The molecule has 0 aliphatic carbocycles. The number of aromatic nitrogens is 3. The van der Waals surface area contributed by atoms with Gasteiger partial charge in [-0.1, -0.05) is 115 Å². The first kappa shape index (κ1) is 29.9. The molecule has 0 saturated heterocycles. The lowest BCUT2D eigenvalue weighted by Gasteiger charge is -2.10. The molecule has 242 valence electrons. The lowest BCUT2D eigenvalue weighted by atomic mass is 9.99. The Hall–Kier alpha value is -6.94. The van der Waals surface area contributed by atoms with Crippen molar-refractivity contribution >= 4 is 53.4 Å². The molecule has 0 radical (unpaired) electrons. The highest BCUT2D eigenvalue weighted by molar-refractivity contribution is 7.25. The molecule has 7 aromatic carbocycles. The second kappa shape index (κ2) is 12.1. The Kier molecular flexibility index (Phi) is 6.98. The van der Waals surface area contributed by atoms with Crippen molar-refractivity contribution in [2.45, 2.75) is 0 Å². The van der Waals surface area contributed by atoms with Crippen LogP contribution in [0.1, 0.15) is 5.56 Å². The number of fused-ring (bicyclic) bond motifs is 6. The van der Waals surface area contributed by atoms with Crippen LogP contribution in [0.2, 0.25) is 0 Å². The molecular formula is C46H26N4OS. The van der Waals surface area contributed by atoms with E-state index in [0.29, 0.717) is 23.0 Å². The largest absolute Gasteiger partial charge is 0.456 e. The van der Waals surface area contributed by atoms with E-state index in [2.05, 4.69) is 91.0 Å². The van der Waals surface area contributed by atoms with Gasteiger partial charge in [0.05, 0.1) is 11.6 Å². The first-order valence-electron chi connectivity index (χ1n) is 17.0. The van der Waals surface area contributed by atoms with Gasteiger partial charge in [-0.05, 0) is 64.7 Å². The van der Waals surface area contributed by atoms with E-state index < -0.39 is 0 Å². The van der Waals surface area contributed by atoms with E-state index in [1.807, 2.05) is 72.8 Å². The zero-order valence-electron chi connectivity index (χ0n) is 27.6. The standard InChI is InChI=1S/C46H26N4OS/c47-27-28-8-6-11-32(24-28)29-16-18-31(19-17-29)44-48-45(50-46(49-44)34-20-22-37-36-12-4-5-15-41(36)52-42(37)26-34)33-21-23-38-40(25-33)51-39-14-7-13-35(43(38)39)30-9-2-1-3-10-30/h1-26H. The summed E-state index contributed by atoms with van der Waals surface area (Å²) in [5.74, 6) is 1.74. The average molecular weight is 683 g/mol. The average Bonchev–Trinajstić information content (AvgIpc) is 3.79. The van der Waals surface area contributed by atoms with E-state index in [4.69, 9.17) is 19.4 Å². The lowest BCUT2D eigenvalue weighted by Crippen LogP contribution is -2.00. The van der Waals surface area contributed by atoms with Crippen LogP contribution in [0.5, 0.6) is 0 Å². The summed E-state index contributed by atoms with van der Waals surface area (Å²) in [6.07, 6.45) is 0. The number of furan rings is 1. The first-order valence-corrected chi connectivity index (χ1v) is 17.8. The fourth-order valence-electron chi connectivity index (χ4n) is 7.03. The van der Waals surface area contributed by atoms with E-state index in [1.165, 1.54) is 20.2 Å². The fourth-order valence-corrected chi connectivity index (χ4v) is 8.18. The topological polar surface area (TPSA) is 75.6 Å². The van der Waals surface area contributed by atoms with E-state index in [-0.39, 0.29) is 0 Å². The van der Waals surface area contributed by atoms with E-state index in [0.717, 1.165) is 60.9 Å². The molecule has 0 spiro atoms. The fraction of sp³-hybridized carbons (Fsp3) is 0. The smallest absolute Gasteiger partial charge is 0.164 e. The lowest BCUT2D eigenvalue weighted by molar-refractivity contribution is 0.669. The Bertz CT molecular complexity index is 3030. The number of hydrogen-bond donors (Lipinski definition) is 0. The Balaban J connectivity index is 1.12. The molecule has 0 N–H and O–H groups in total. The van der Waals surface area contributed by atoms with Crippen molar-refractivity contribution in [1.82, 2.24) is 15.0 Å². The van der Waals surface area contributed by atoms with Crippen LogP contribution in [0.4, 0.5) is 0 Å². The molecule has 0 amide bonds. The molecule has 0 aliphatic heterocycles. The van der Waals surface area contributed by atoms with E-state index in [1.54, 1.807) is 11.3 Å². The maximum Gasteiger partial charge on any atom is 0.164 e.